The first-order valence-electron chi connectivity index (χ1n) is 6.21. The highest BCUT2D eigenvalue weighted by Gasteiger charge is 2.19. The largest absolute Gasteiger partial charge is 0.369 e. The van der Waals surface area contributed by atoms with Crippen molar-refractivity contribution in [1.82, 2.24) is 0 Å². The van der Waals surface area contributed by atoms with E-state index in [2.05, 4.69) is 11.8 Å². The number of hydrogen-bond donors (Lipinski definition) is 0. The smallest absolute Gasteiger partial charge is 0.146 e. The van der Waals surface area contributed by atoms with E-state index in [-0.39, 0.29) is 5.82 Å². The summed E-state index contributed by atoms with van der Waals surface area (Å²) in [4.78, 5) is 2.18. The fraction of sp³-hybridized carbons (Fsp3) is 0.571. The molecule has 1 nitrogen and oxygen atoms in total. The number of hydrogen-bond acceptors (Lipinski definition) is 1. The molecule has 2 rings (SSSR count). The first kappa shape index (κ1) is 11.4. The van der Waals surface area contributed by atoms with E-state index in [1.165, 1.54) is 19.3 Å². The van der Waals surface area contributed by atoms with E-state index in [0.717, 1.165) is 30.3 Å². The molecule has 0 N–H and O–H groups in total. The predicted octanol–water partition coefficient (Wildman–Crippen LogP) is 3.76. The van der Waals surface area contributed by atoms with Gasteiger partial charge in [-0.25, -0.2) is 4.39 Å². The number of piperidine rings is 1. The van der Waals surface area contributed by atoms with Crippen molar-refractivity contribution in [2.45, 2.75) is 33.1 Å². The van der Waals surface area contributed by atoms with Gasteiger partial charge in [0.15, 0.2) is 0 Å². The first-order chi connectivity index (χ1) is 7.70. The van der Waals surface area contributed by atoms with Crippen molar-refractivity contribution in [3.8, 4) is 0 Å². The van der Waals surface area contributed by atoms with E-state index in [4.69, 9.17) is 0 Å². The van der Waals surface area contributed by atoms with Crippen molar-refractivity contribution >= 4 is 5.69 Å². The zero-order chi connectivity index (χ0) is 11.5. The number of halogens is 1. The van der Waals surface area contributed by atoms with Gasteiger partial charge in [-0.15, -0.1) is 0 Å². The Hall–Kier alpha value is -1.05. The molecule has 1 aromatic rings. The summed E-state index contributed by atoms with van der Waals surface area (Å²) in [6.07, 6.45) is 3.65. The molecule has 1 saturated heterocycles. The van der Waals surface area contributed by atoms with Gasteiger partial charge < -0.3 is 4.90 Å². The Labute approximate surface area is 97.3 Å². The Balaban J connectivity index is 2.08. The van der Waals surface area contributed by atoms with E-state index in [1.807, 2.05) is 19.1 Å². The average molecular weight is 221 g/mol. The molecule has 1 fully saturated rings. The summed E-state index contributed by atoms with van der Waals surface area (Å²) in [7, 11) is 0. The van der Waals surface area contributed by atoms with Gasteiger partial charge in [0.25, 0.3) is 0 Å². The average Bonchev–Trinajstić information content (AvgIpc) is 2.29. The summed E-state index contributed by atoms with van der Waals surface area (Å²) >= 11 is 0. The number of anilines is 1. The van der Waals surface area contributed by atoms with Crippen LogP contribution in [0.3, 0.4) is 0 Å². The summed E-state index contributed by atoms with van der Waals surface area (Å²) in [6, 6.07) is 5.53. The van der Waals surface area contributed by atoms with Crippen LogP contribution in [-0.2, 0) is 0 Å². The SMILES string of the molecule is CCC1CCN(c2ccc(C)cc2F)CC1. The fourth-order valence-corrected chi connectivity index (χ4v) is 2.45. The Morgan fingerprint density at radius 1 is 1.31 bits per heavy atom. The number of aryl methyl sites for hydroxylation is 1. The maximum absolute atomic E-state index is 13.8. The number of rotatable bonds is 2. The van der Waals surface area contributed by atoms with Crippen LogP contribution in [0.25, 0.3) is 0 Å². The van der Waals surface area contributed by atoms with Crippen LogP contribution in [0.5, 0.6) is 0 Å². The van der Waals surface area contributed by atoms with Crippen LogP contribution in [0.15, 0.2) is 18.2 Å². The van der Waals surface area contributed by atoms with Crippen molar-refractivity contribution in [3.63, 3.8) is 0 Å². The molecule has 88 valence electrons. The van der Waals surface area contributed by atoms with Gasteiger partial charge in [-0.3, -0.25) is 0 Å². The molecular formula is C14H20FN. The second-order valence-electron chi connectivity index (χ2n) is 4.79. The minimum absolute atomic E-state index is 0.0741. The minimum atomic E-state index is -0.0741. The van der Waals surface area contributed by atoms with Crippen LogP contribution in [0.1, 0.15) is 31.7 Å². The third-order valence-electron chi connectivity index (χ3n) is 3.64. The quantitative estimate of drug-likeness (QED) is 0.735. The highest BCUT2D eigenvalue weighted by Crippen LogP contribution is 2.27. The molecular weight excluding hydrogens is 201 g/mol. The van der Waals surface area contributed by atoms with Crippen molar-refractivity contribution in [2.24, 2.45) is 5.92 Å². The first-order valence-corrected chi connectivity index (χ1v) is 6.21. The lowest BCUT2D eigenvalue weighted by Gasteiger charge is -2.33. The Bertz CT molecular complexity index is 354. The Morgan fingerprint density at radius 2 is 2.00 bits per heavy atom. The Kier molecular flexibility index (Phi) is 3.47. The summed E-state index contributed by atoms with van der Waals surface area (Å²) in [6.45, 7) is 6.17. The van der Waals surface area contributed by atoms with Crippen LogP contribution in [0, 0.1) is 18.7 Å². The number of benzene rings is 1. The molecule has 1 aliphatic heterocycles. The van der Waals surface area contributed by atoms with E-state index >= 15 is 0 Å². The van der Waals surface area contributed by atoms with Gasteiger partial charge in [-0.1, -0.05) is 19.4 Å². The van der Waals surface area contributed by atoms with Crippen LogP contribution >= 0.6 is 0 Å². The molecule has 1 heterocycles. The topological polar surface area (TPSA) is 3.24 Å². The highest BCUT2D eigenvalue weighted by molar-refractivity contribution is 5.49. The third kappa shape index (κ3) is 2.37. The molecule has 0 amide bonds. The molecule has 0 aromatic heterocycles. The fourth-order valence-electron chi connectivity index (χ4n) is 2.45. The summed E-state index contributed by atoms with van der Waals surface area (Å²) < 4.78 is 13.8. The molecule has 0 unspecified atom stereocenters. The van der Waals surface area contributed by atoms with Gasteiger partial charge in [0, 0.05) is 13.1 Å². The van der Waals surface area contributed by atoms with Crippen LogP contribution in [-0.4, -0.2) is 13.1 Å². The molecule has 1 aliphatic rings. The highest BCUT2D eigenvalue weighted by atomic mass is 19.1. The van der Waals surface area contributed by atoms with Gasteiger partial charge in [0.2, 0.25) is 0 Å². The van der Waals surface area contributed by atoms with Gasteiger partial charge in [0.05, 0.1) is 5.69 Å². The second kappa shape index (κ2) is 4.86. The van der Waals surface area contributed by atoms with E-state index in [0.29, 0.717) is 0 Å². The molecule has 2 heteroatoms. The lowest BCUT2D eigenvalue weighted by molar-refractivity contribution is 0.392. The van der Waals surface area contributed by atoms with Gasteiger partial charge in [0.1, 0.15) is 5.82 Å². The molecule has 0 spiro atoms. The molecule has 0 radical (unpaired) electrons. The van der Waals surface area contributed by atoms with Crippen LogP contribution in [0.4, 0.5) is 10.1 Å². The second-order valence-corrected chi connectivity index (χ2v) is 4.79. The monoisotopic (exact) mass is 221 g/mol. The van der Waals surface area contributed by atoms with Crippen molar-refractivity contribution in [3.05, 3.63) is 29.6 Å². The minimum Gasteiger partial charge on any atom is -0.369 e. The lowest BCUT2D eigenvalue weighted by atomic mass is 9.94. The predicted molar refractivity (Wildman–Crippen MR) is 66.4 cm³/mol. The van der Waals surface area contributed by atoms with Crippen LogP contribution in [0.2, 0.25) is 0 Å². The molecule has 0 bridgehead atoms. The standard InChI is InChI=1S/C14H20FN/c1-3-12-6-8-16(9-7-12)14-5-4-11(2)10-13(14)15/h4-5,10,12H,3,6-9H2,1-2H3. The normalized spacial score (nSPS) is 17.8. The summed E-state index contributed by atoms with van der Waals surface area (Å²) in [5.74, 6) is 0.764. The molecule has 0 saturated carbocycles. The summed E-state index contributed by atoms with van der Waals surface area (Å²) in [5.41, 5.74) is 1.77. The lowest BCUT2D eigenvalue weighted by Crippen LogP contribution is -2.34. The molecule has 0 atom stereocenters. The van der Waals surface area contributed by atoms with E-state index in [9.17, 15) is 4.39 Å². The van der Waals surface area contributed by atoms with Crippen molar-refractivity contribution < 1.29 is 4.39 Å². The van der Waals surface area contributed by atoms with E-state index in [1.54, 1.807) is 6.07 Å². The number of nitrogens with zero attached hydrogens (tertiary/aromatic N) is 1. The van der Waals surface area contributed by atoms with Gasteiger partial charge in [-0.2, -0.15) is 0 Å². The van der Waals surface area contributed by atoms with Gasteiger partial charge in [-0.05, 0) is 43.4 Å². The zero-order valence-electron chi connectivity index (χ0n) is 10.2. The Morgan fingerprint density at radius 3 is 2.56 bits per heavy atom. The molecule has 1 aromatic carbocycles. The van der Waals surface area contributed by atoms with Crippen molar-refractivity contribution in [1.29, 1.82) is 0 Å². The third-order valence-corrected chi connectivity index (χ3v) is 3.64. The zero-order valence-corrected chi connectivity index (χ0v) is 10.2. The van der Waals surface area contributed by atoms with Gasteiger partial charge >= 0.3 is 0 Å². The molecule has 0 aliphatic carbocycles. The maximum Gasteiger partial charge on any atom is 0.146 e. The molecule has 16 heavy (non-hydrogen) atoms. The summed E-state index contributed by atoms with van der Waals surface area (Å²) in [5, 5.41) is 0. The maximum atomic E-state index is 13.8. The van der Waals surface area contributed by atoms with Crippen molar-refractivity contribution in [2.75, 3.05) is 18.0 Å². The van der Waals surface area contributed by atoms with E-state index < -0.39 is 0 Å². The van der Waals surface area contributed by atoms with Crippen LogP contribution < -0.4 is 4.90 Å².